The molecule has 4 nitrogen and oxygen atoms in total. The molecule has 116 valence electrons. The third kappa shape index (κ3) is 2.22. The van der Waals surface area contributed by atoms with Crippen LogP contribution in [-0.2, 0) is 5.54 Å². The maximum atomic E-state index is 13.4. The van der Waals surface area contributed by atoms with E-state index in [1.54, 1.807) is 6.07 Å². The summed E-state index contributed by atoms with van der Waals surface area (Å²) in [6.07, 6.45) is 2.88. The van der Waals surface area contributed by atoms with Crippen LogP contribution < -0.4 is 5.73 Å². The Balaban J connectivity index is 0.00000144. The Morgan fingerprint density at radius 2 is 2.14 bits per heavy atom. The molecule has 0 spiro atoms. The molecule has 22 heavy (non-hydrogen) atoms. The Morgan fingerprint density at radius 3 is 2.82 bits per heavy atom. The summed E-state index contributed by atoms with van der Waals surface area (Å²) in [5, 5.41) is 4.93. The fourth-order valence-corrected chi connectivity index (χ4v) is 3.81. The first-order chi connectivity index (χ1) is 10.1. The van der Waals surface area contributed by atoms with Crippen molar-refractivity contribution in [2.45, 2.75) is 31.7 Å². The number of nitrogens with two attached hydrogens (primary N) is 1. The number of halogens is 2. The minimum absolute atomic E-state index is 0. The molecule has 0 saturated heterocycles. The van der Waals surface area contributed by atoms with Crippen molar-refractivity contribution in [1.82, 2.24) is 10.1 Å². The zero-order valence-electron chi connectivity index (χ0n) is 11.9. The van der Waals surface area contributed by atoms with Gasteiger partial charge in [-0.15, -0.1) is 23.7 Å². The van der Waals surface area contributed by atoms with Crippen LogP contribution in [-0.4, -0.2) is 10.1 Å². The van der Waals surface area contributed by atoms with E-state index >= 15 is 0 Å². The van der Waals surface area contributed by atoms with E-state index < -0.39 is 5.54 Å². The number of nitrogens with zero attached hydrogens (tertiary/aromatic N) is 2. The summed E-state index contributed by atoms with van der Waals surface area (Å²) in [6, 6.07) is 4.78. The fraction of sp³-hybridized carbons (Fsp3) is 0.333. The van der Waals surface area contributed by atoms with E-state index in [2.05, 4.69) is 10.1 Å². The van der Waals surface area contributed by atoms with Crippen LogP contribution in [0.5, 0.6) is 0 Å². The van der Waals surface area contributed by atoms with Gasteiger partial charge in [-0.3, -0.25) is 0 Å². The van der Waals surface area contributed by atoms with Gasteiger partial charge in [0, 0.05) is 4.70 Å². The van der Waals surface area contributed by atoms with Gasteiger partial charge in [0.15, 0.2) is 5.82 Å². The predicted molar refractivity (Wildman–Crippen MR) is 86.8 cm³/mol. The van der Waals surface area contributed by atoms with Gasteiger partial charge in [0.1, 0.15) is 5.82 Å². The van der Waals surface area contributed by atoms with Gasteiger partial charge in [0.25, 0.3) is 5.89 Å². The highest BCUT2D eigenvalue weighted by molar-refractivity contribution is 7.22. The van der Waals surface area contributed by atoms with E-state index in [0.717, 1.165) is 39.8 Å². The molecule has 0 aliphatic heterocycles. The van der Waals surface area contributed by atoms with Crippen LogP contribution in [0, 0.1) is 12.7 Å². The van der Waals surface area contributed by atoms with E-state index in [0.29, 0.717) is 11.7 Å². The Hall–Kier alpha value is -1.50. The highest BCUT2D eigenvalue weighted by atomic mass is 35.5. The summed E-state index contributed by atoms with van der Waals surface area (Å²) in [5.74, 6) is 0.809. The first kappa shape index (κ1) is 15.4. The molecular weight excluding hydrogens is 325 g/mol. The zero-order chi connectivity index (χ0) is 14.6. The van der Waals surface area contributed by atoms with Crippen LogP contribution in [0.15, 0.2) is 22.7 Å². The first-order valence-electron chi connectivity index (χ1n) is 6.89. The van der Waals surface area contributed by atoms with E-state index in [1.165, 1.54) is 23.5 Å². The van der Waals surface area contributed by atoms with Crippen LogP contribution in [0.3, 0.4) is 0 Å². The molecule has 4 rings (SSSR count). The highest BCUT2D eigenvalue weighted by Gasteiger charge is 2.39. The van der Waals surface area contributed by atoms with Gasteiger partial charge < -0.3 is 10.3 Å². The molecule has 0 amide bonds. The minimum atomic E-state index is -0.432. The molecule has 3 aromatic rings. The smallest absolute Gasteiger partial charge is 0.268 e. The van der Waals surface area contributed by atoms with Gasteiger partial charge in [0.2, 0.25) is 0 Å². The second kappa shape index (κ2) is 5.30. The molecule has 1 saturated carbocycles. The number of benzene rings is 1. The Labute approximate surface area is 136 Å². The number of fused-ring (bicyclic) bond motifs is 1. The number of aromatic nitrogens is 2. The predicted octanol–water partition coefficient (Wildman–Crippen LogP) is 4.16. The van der Waals surface area contributed by atoms with Crippen molar-refractivity contribution in [2.24, 2.45) is 5.73 Å². The maximum Gasteiger partial charge on any atom is 0.268 e. The lowest BCUT2D eigenvalue weighted by atomic mass is 9.77. The SMILES string of the molecule is Cc1c(-c2nc(C3(N)CCC3)no2)sc2ccc(F)cc12.Cl. The van der Waals surface area contributed by atoms with Crippen molar-refractivity contribution in [2.75, 3.05) is 0 Å². The summed E-state index contributed by atoms with van der Waals surface area (Å²) >= 11 is 1.53. The van der Waals surface area contributed by atoms with Crippen molar-refractivity contribution in [3.63, 3.8) is 0 Å². The highest BCUT2D eigenvalue weighted by Crippen LogP contribution is 2.40. The topological polar surface area (TPSA) is 64.9 Å². The van der Waals surface area contributed by atoms with Crippen LogP contribution in [0.1, 0.15) is 30.7 Å². The van der Waals surface area contributed by atoms with Crippen LogP contribution in [0.25, 0.3) is 20.9 Å². The molecule has 2 aromatic heterocycles. The van der Waals surface area contributed by atoms with Gasteiger partial charge in [0.05, 0.1) is 10.4 Å². The van der Waals surface area contributed by atoms with Gasteiger partial charge in [-0.05, 0) is 55.3 Å². The molecule has 0 atom stereocenters. The van der Waals surface area contributed by atoms with Gasteiger partial charge >= 0.3 is 0 Å². The quantitative estimate of drug-likeness (QED) is 0.761. The Bertz CT molecular complexity index is 841. The second-order valence-electron chi connectivity index (χ2n) is 5.63. The summed E-state index contributed by atoms with van der Waals surface area (Å²) < 4.78 is 19.8. The minimum Gasteiger partial charge on any atom is -0.333 e. The maximum absolute atomic E-state index is 13.4. The molecule has 0 bridgehead atoms. The summed E-state index contributed by atoms with van der Waals surface area (Å²) in [7, 11) is 0. The van der Waals surface area contributed by atoms with Gasteiger partial charge in [-0.1, -0.05) is 5.16 Å². The van der Waals surface area contributed by atoms with E-state index in [9.17, 15) is 4.39 Å². The number of aryl methyl sites for hydroxylation is 1. The molecule has 2 N–H and O–H groups in total. The number of hydrogen-bond acceptors (Lipinski definition) is 5. The lowest BCUT2D eigenvalue weighted by Gasteiger charge is -2.34. The number of thiophene rings is 1. The molecule has 2 heterocycles. The van der Waals surface area contributed by atoms with Crippen LogP contribution in [0.2, 0.25) is 0 Å². The second-order valence-corrected chi connectivity index (χ2v) is 6.68. The standard InChI is InChI=1S/C15H14FN3OS.ClH/c1-8-10-7-9(16)3-4-11(10)21-12(8)13-18-14(19-20-13)15(17)5-2-6-15;/h3-4,7H,2,5-6,17H2,1H3;1H. The number of rotatable bonds is 2. The average molecular weight is 340 g/mol. The Kier molecular flexibility index (Phi) is 3.71. The number of hydrogen-bond donors (Lipinski definition) is 1. The van der Waals surface area contributed by atoms with Crippen LogP contribution in [0.4, 0.5) is 4.39 Å². The molecule has 1 aliphatic carbocycles. The van der Waals surface area contributed by atoms with Crippen molar-refractivity contribution in [3.05, 3.63) is 35.4 Å². The summed E-state index contributed by atoms with van der Waals surface area (Å²) in [6.45, 7) is 1.94. The van der Waals surface area contributed by atoms with Crippen molar-refractivity contribution >= 4 is 33.8 Å². The monoisotopic (exact) mass is 339 g/mol. The zero-order valence-corrected chi connectivity index (χ0v) is 13.6. The third-order valence-corrected chi connectivity index (χ3v) is 5.47. The van der Waals surface area contributed by atoms with E-state index in [-0.39, 0.29) is 18.2 Å². The largest absolute Gasteiger partial charge is 0.333 e. The molecule has 1 aliphatic rings. The van der Waals surface area contributed by atoms with Gasteiger partial charge in [-0.25, -0.2) is 4.39 Å². The molecular formula is C15H15ClFN3OS. The normalized spacial score (nSPS) is 16.3. The third-order valence-electron chi connectivity index (χ3n) is 4.21. The molecule has 1 aromatic carbocycles. The summed E-state index contributed by atoms with van der Waals surface area (Å²) in [5.41, 5.74) is 6.75. The summed E-state index contributed by atoms with van der Waals surface area (Å²) in [4.78, 5) is 5.35. The lowest BCUT2D eigenvalue weighted by Crippen LogP contribution is -2.44. The molecule has 0 radical (unpaired) electrons. The first-order valence-corrected chi connectivity index (χ1v) is 7.71. The lowest BCUT2D eigenvalue weighted by molar-refractivity contribution is 0.229. The van der Waals surface area contributed by atoms with E-state index in [4.69, 9.17) is 10.3 Å². The van der Waals surface area contributed by atoms with Crippen LogP contribution >= 0.6 is 23.7 Å². The van der Waals surface area contributed by atoms with E-state index in [1.807, 2.05) is 6.92 Å². The van der Waals surface area contributed by atoms with Crippen molar-refractivity contribution < 1.29 is 8.91 Å². The van der Waals surface area contributed by atoms with Gasteiger partial charge in [-0.2, -0.15) is 4.98 Å². The average Bonchev–Trinajstić information content (AvgIpc) is 3.02. The van der Waals surface area contributed by atoms with Crippen molar-refractivity contribution in [1.29, 1.82) is 0 Å². The molecule has 1 fully saturated rings. The fourth-order valence-electron chi connectivity index (χ4n) is 2.70. The molecule has 7 heteroatoms. The molecule has 0 unspecified atom stereocenters. The Morgan fingerprint density at radius 1 is 1.36 bits per heavy atom. The van der Waals surface area contributed by atoms with Crippen molar-refractivity contribution in [3.8, 4) is 10.8 Å².